The summed E-state index contributed by atoms with van der Waals surface area (Å²) >= 11 is 1.53. The van der Waals surface area contributed by atoms with Crippen LogP contribution >= 0.6 is 11.3 Å². The second kappa shape index (κ2) is 7.87. The maximum atomic E-state index is 11.5. The van der Waals surface area contributed by atoms with Crippen LogP contribution < -0.4 is 10.2 Å². The molecule has 118 valence electrons. The van der Waals surface area contributed by atoms with Gasteiger partial charge in [-0.05, 0) is 25.7 Å². The van der Waals surface area contributed by atoms with E-state index in [1.54, 1.807) is 11.8 Å². The van der Waals surface area contributed by atoms with Gasteiger partial charge >= 0.3 is 0 Å². The fourth-order valence-corrected chi connectivity index (χ4v) is 3.69. The van der Waals surface area contributed by atoms with Gasteiger partial charge in [-0.25, -0.2) is 4.98 Å². The summed E-state index contributed by atoms with van der Waals surface area (Å²) in [4.78, 5) is 17.7. The predicted octanol–water partition coefficient (Wildman–Crippen LogP) is 2.42. The van der Waals surface area contributed by atoms with Crippen molar-refractivity contribution < 1.29 is 9.53 Å². The van der Waals surface area contributed by atoms with Gasteiger partial charge in [-0.2, -0.15) is 0 Å². The van der Waals surface area contributed by atoms with E-state index >= 15 is 0 Å². The molecule has 2 rings (SSSR count). The van der Waals surface area contributed by atoms with E-state index in [9.17, 15) is 4.79 Å². The maximum Gasteiger partial charge on any atom is 0.225 e. The molecule has 1 N–H and O–H groups in total. The molecule has 1 amide bonds. The van der Waals surface area contributed by atoms with Crippen molar-refractivity contribution in [2.45, 2.75) is 46.3 Å². The number of aromatic nitrogens is 1. The van der Waals surface area contributed by atoms with Crippen LogP contribution in [-0.4, -0.2) is 36.7 Å². The summed E-state index contributed by atoms with van der Waals surface area (Å²) in [6.07, 6.45) is 2.62. The SMILES string of the molecule is CCC1OCCC1CNCc1csc(N(CC)C(C)=O)n1. The molecule has 1 aromatic rings. The number of carbonyl (C=O) groups excluding carboxylic acids is 1. The van der Waals surface area contributed by atoms with E-state index in [-0.39, 0.29) is 5.91 Å². The first-order valence-electron chi connectivity index (χ1n) is 7.70. The van der Waals surface area contributed by atoms with Gasteiger partial charge in [0.1, 0.15) is 0 Å². The third kappa shape index (κ3) is 4.25. The molecule has 0 aromatic carbocycles. The number of nitrogens with zero attached hydrogens (tertiary/aromatic N) is 2. The summed E-state index contributed by atoms with van der Waals surface area (Å²) in [5.41, 5.74) is 1.00. The van der Waals surface area contributed by atoms with Gasteiger partial charge in [-0.3, -0.25) is 9.69 Å². The molecule has 1 aliphatic heterocycles. The van der Waals surface area contributed by atoms with Gasteiger partial charge in [0.15, 0.2) is 5.13 Å². The van der Waals surface area contributed by atoms with Crippen LogP contribution in [0.25, 0.3) is 0 Å². The normalized spacial score (nSPS) is 21.7. The van der Waals surface area contributed by atoms with Crippen molar-refractivity contribution in [3.63, 3.8) is 0 Å². The lowest BCUT2D eigenvalue weighted by Crippen LogP contribution is -2.29. The van der Waals surface area contributed by atoms with Crippen LogP contribution in [0.5, 0.6) is 0 Å². The third-order valence-corrected chi connectivity index (χ3v) is 4.84. The lowest BCUT2D eigenvalue weighted by molar-refractivity contribution is -0.116. The second-order valence-electron chi connectivity index (χ2n) is 5.38. The Kier molecular flexibility index (Phi) is 6.14. The number of rotatable bonds is 7. The molecular weight excluding hydrogens is 286 g/mol. The molecule has 2 atom stereocenters. The molecular formula is C15H25N3O2S. The van der Waals surface area contributed by atoms with E-state index in [0.29, 0.717) is 18.6 Å². The summed E-state index contributed by atoms with van der Waals surface area (Å²) in [7, 11) is 0. The number of carbonyl (C=O) groups is 1. The van der Waals surface area contributed by atoms with Crippen molar-refractivity contribution in [3.8, 4) is 0 Å². The summed E-state index contributed by atoms with van der Waals surface area (Å²) in [5, 5.41) is 6.28. The van der Waals surface area contributed by atoms with Crippen molar-refractivity contribution in [2.24, 2.45) is 5.92 Å². The van der Waals surface area contributed by atoms with E-state index in [1.165, 1.54) is 11.3 Å². The average Bonchev–Trinajstić information content (AvgIpc) is 3.08. The predicted molar refractivity (Wildman–Crippen MR) is 85.7 cm³/mol. The standard InChI is InChI=1S/C15H25N3O2S/c1-4-14-12(6-7-20-14)8-16-9-13-10-21-15(17-13)18(5-2)11(3)19/h10,12,14,16H,4-9H2,1-3H3. The first kappa shape index (κ1) is 16.4. The lowest BCUT2D eigenvalue weighted by Gasteiger charge is -2.17. The molecule has 21 heavy (non-hydrogen) atoms. The molecule has 1 saturated heterocycles. The van der Waals surface area contributed by atoms with Gasteiger partial charge in [-0.1, -0.05) is 6.92 Å². The molecule has 1 aromatic heterocycles. The fraction of sp³-hybridized carbons (Fsp3) is 0.733. The van der Waals surface area contributed by atoms with Crippen molar-refractivity contribution >= 4 is 22.4 Å². The Morgan fingerprint density at radius 1 is 1.57 bits per heavy atom. The van der Waals surface area contributed by atoms with E-state index in [1.807, 2.05) is 12.3 Å². The molecule has 0 aliphatic carbocycles. The highest BCUT2D eigenvalue weighted by molar-refractivity contribution is 7.14. The highest BCUT2D eigenvalue weighted by atomic mass is 32.1. The number of ether oxygens (including phenoxy) is 1. The molecule has 6 heteroatoms. The second-order valence-corrected chi connectivity index (χ2v) is 6.22. The van der Waals surface area contributed by atoms with E-state index < -0.39 is 0 Å². The highest BCUT2D eigenvalue weighted by Crippen LogP contribution is 2.23. The number of hydrogen-bond acceptors (Lipinski definition) is 5. The molecule has 0 saturated carbocycles. The summed E-state index contributed by atoms with van der Waals surface area (Å²) in [6.45, 7) is 8.98. The lowest BCUT2D eigenvalue weighted by atomic mass is 10.00. The average molecular weight is 311 g/mol. The zero-order valence-electron chi connectivity index (χ0n) is 13.1. The van der Waals surface area contributed by atoms with Gasteiger partial charge < -0.3 is 10.1 Å². The number of nitrogens with one attached hydrogen (secondary N) is 1. The van der Waals surface area contributed by atoms with Gasteiger partial charge in [0.2, 0.25) is 5.91 Å². The van der Waals surface area contributed by atoms with Crippen molar-refractivity contribution in [3.05, 3.63) is 11.1 Å². The topological polar surface area (TPSA) is 54.5 Å². The summed E-state index contributed by atoms with van der Waals surface area (Å²) in [5.74, 6) is 0.651. The maximum absolute atomic E-state index is 11.5. The van der Waals surface area contributed by atoms with Crippen LogP contribution in [0, 0.1) is 5.92 Å². The minimum absolute atomic E-state index is 0.0419. The van der Waals surface area contributed by atoms with Crippen molar-refractivity contribution in [1.29, 1.82) is 0 Å². The van der Waals surface area contributed by atoms with E-state index in [4.69, 9.17) is 4.74 Å². The van der Waals surface area contributed by atoms with Crippen LogP contribution in [0.15, 0.2) is 5.38 Å². The zero-order chi connectivity index (χ0) is 15.2. The first-order chi connectivity index (χ1) is 10.2. The fourth-order valence-electron chi connectivity index (χ4n) is 2.76. The van der Waals surface area contributed by atoms with Crippen LogP contribution in [0.2, 0.25) is 0 Å². The quantitative estimate of drug-likeness (QED) is 0.840. The molecule has 0 bridgehead atoms. The number of hydrogen-bond donors (Lipinski definition) is 1. The van der Waals surface area contributed by atoms with Gasteiger partial charge in [-0.15, -0.1) is 11.3 Å². The molecule has 1 fully saturated rings. The smallest absolute Gasteiger partial charge is 0.225 e. The Bertz CT molecular complexity index is 464. The number of anilines is 1. The van der Waals surface area contributed by atoms with Crippen LogP contribution in [0.3, 0.4) is 0 Å². The highest BCUT2D eigenvalue weighted by Gasteiger charge is 2.26. The molecule has 2 unspecified atom stereocenters. The van der Waals surface area contributed by atoms with Gasteiger partial charge in [0.05, 0.1) is 11.8 Å². The molecule has 0 radical (unpaired) electrons. The van der Waals surface area contributed by atoms with Crippen LogP contribution in [0.4, 0.5) is 5.13 Å². The zero-order valence-corrected chi connectivity index (χ0v) is 13.9. The van der Waals surface area contributed by atoms with Crippen molar-refractivity contribution in [2.75, 3.05) is 24.6 Å². The number of thiazole rings is 1. The van der Waals surface area contributed by atoms with E-state index in [0.717, 1.165) is 43.4 Å². The molecule has 0 spiro atoms. The van der Waals surface area contributed by atoms with Gasteiger partial charge in [0.25, 0.3) is 0 Å². The molecule has 2 heterocycles. The van der Waals surface area contributed by atoms with Crippen molar-refractivity contribution in [1.82, 2.24) is 10.3 Å². The van der Waals surface area contributed by atoms with Crippen LogP contribution in [-0.2, 0) is 16.1 Å². The minimum atomic E-state index is 0.0419. The Balaban J connectivity index is 1.81. The summed E-state index contributed by atoms with van der Waals surface area (Å²) in [6, 6.07) is 0. The van der Waals surface area contributed by atoms with Gasteiger partial charge in [0, 0.05) is 38.5 Å². The Labute approximate surface area is 130 Å². The molecule has 1 aliphatic rings. The third-order valence-electron chi connectivity index (χ3n) is 3.93. The molecule has 5 nitrogen and oxygen atoms in total. The summed E-state index contributed by atoms with van der Waals surface area (Å²) < 4.78 is 5.70. The monoisotopic (exact) mass is 311 g/mol. The largest absolute Gasteiger partial charge is 0.378 e. The Morgan fingerprint density at radius 2 is 2.38 bits per heavy atom. The first-order valence-corrected chi connectivity index (χ1v) is 8.58. The Hall–Kier alpha value is -0.980. The van der Waals surface area contributed by atoms with E-state index in [2.05, 4.69) is 17.2 Å². The minimum Gasteiger partial charge on any atom is -0.378 e. The Morgan fingerprint density at radius 3 is 3.05 bits per heavy atom. The number of amides is 1. The van der Waals surface area contributed by atoms with Crippen LogP contribution in [0.1, 0.15) is 39.3 Å².